The van der Waals surface area contributed by atoms with Crippen molar-refractivity contribution in [2.45, 2.75) is 37.8 Å². The molecule has 10 heteroatoms. The van der Waals surface area contributed by atoms with Crippen molar-refractivity contribution in [3.8, 4) is 11.5 Å². The molecule has 1 aromatic heterocycles. The van der Waals surface area contributed by atoms with Gasteiger partial charge < -0.3 is 19.7 Å². The molecule has 198 valence electrons. The van der Waals surface area contributed by atoms with E-state index >= 15 is 0 Å². The number of pyridine rings is 1. The monoisotopic (exact) mass is 526 g/mol. The van der Waals surface area contributed by atoms with Gasteiger partial charge in [-0.25, -0.2) is 0 Å². The van der Waals surface area contributed by atoms with E-state index in [-0.39, 0.29) is 31.4 Å². The standard InChI is InChI=1S/C29H26N4O6/c34-25(17-32-22-8-2-1-7-21(22)26(35)27(32)36)33(16-19-6-5-13-30-15-19)29(11-3-4-12-29)28(37)31-20-9-10-23-24(14-20)39-18-38-23/h1-2,5-10,13-15H,3-4,11-12,16-18H2,(H,31,37). The van der Waals surface area contributed by atoms with Gasteiger partial charge in [-0.2, -0.15) is 0 Å². The highest BCUT2D eigenvalue weighted by atomic mass is 16.7. The van der Waals surface area contributed by atoms with E-state index in [0.717, 1.165) is 18.4 Å². The Morgan fingerprint density at radius 3 is 2.59 bits per heavy atom. The van der Waals surface area contributed by atoms with E-state index in [4.69, 9.17) is 9.47 Å². The van der Waals surface area contributed by atoms with Crippen molar-refractivity contribution >= 4 is 34.9 Å². The highest BCUT2D eigenvalue weighted by Gasteiger charge is 2.49. The fraction of sp³-hybridized carbons (Fsp3) is 0.276. The first-order valence-corrected chi connectivity index (χ1v) is 12.8. The molecule has 0 unspecified atom stereocenters. The lowest BCUT2D eigenvalue weighted by atomic mass is 9.92. The fourth-order valence-corrected chi connectivity index (χ4v) is 5.58. The van der Waals surface area contributed by atoms with Crippen LogP contribution < -0.4 is 19.7 Å². The van der Waals surface area contributed by atoms with Gasteiger partial charge in [0.2, 0.25) is 18.6 Å². The summed E-state index contributed by atoms with van der Waals surface area (Å²) in [7, 11) is 0. The summed E-state index contributed by atoms with van der Waals surface area (Å²) in [5.41, 5.74) is 0.781. The average Bonchev–Trinajstić information content (AvgIpc) is 3.69. The first kappa shape index (κ1) is 24.6. The Labute approximate surface area is 224 Å². The first-order valence-electron chi connectivity index (χ1n) is 12.8. The third-order valence-electron chi connectivity index (χ3n) is 7.54. The lowest BCUT2D eigenvalue weighted by molar-refractivity contribution is -0.145. The Morgan fingerprint density at radius 2 is 1.79 bits per heavy atom. The summed E-state index contributed by atoms with van der Waals surface area (Å²) in [6.07, 6.45) is 5.72. The van der Waals surface area contributed by atoms with Crippen molar-refractivity contribution in [2.75, 3.05) is 23.6 Å². The van der Waals surface area contributed by atoms with Gasteiger partial charge in [-0.05, 0) is 48.7 Å². The number of para-hydroxylation sites is 1. The molecule has 3 aromatic rings. The van der Waals surface area contributed by atoms with E-state index in [9.17, 15) is 19.2 Å². The van der Waals surface area contributed by atoms with Gasteiger partial charge in [0.15, 0.2) is 11.5 Å². The minimum Gasteiger partial charge on any atom is -0.454 e. The Balaban J connectivity index is 1.33. The van der Waals surface area contributed by atoms with Crippen LogP contribution in [0.25, 0.3) is 0 Å². The van der Waals surface area contributed by atoms with Crippen LogP contribution in [0.5, 0.6) is 11.5 Å². The third-order valence-corrected chi connectivity index (χ3v) is 7.54. The number of benzene rings is 2. The second-order valence-corrected chi connectivity index (χ2v) is 9.84. The lowest BCUT2D eigenvalue weighted by Gasteiger charge is -2.41. The molecule has 1 fully saturated rings. The van der Waals surface area contributed by atoms with Crippen LogP contribution in [0.15, 0.2) is 67.0 Å². The highest BCUT2D eigenvalue weighted by molar-refractivity contribution is 6.52. The van der Waals surface area contributed by atoms with E-state index in [0.29, 0.717) is 35.7 Å². The second kappa shape index (κ2) is 9.86. The fourth-order valence-electron chi connectivity index (χ4n) is 5.58. The van der Waals surface area contributed by atoms with E-state index in [1.54, 1.807) is 65.8 Å². The van der Waals surface area contributed by atoms with Crippen LogP contribution in [0, 0.1) is 0 Å². The SMILES string of the molecule is O=C1C(=O)N(CC(=O)N(Cc2cccnc2)C2(C(=O)Nc3ccc4c(c3)OCO4)CCCC2)c2ccccc21. The summed E-state index contributed by atoms with van der Waals surface area (Å²) in [5.74, 6) is -1.02. The van der Waals surface area contributed by atoms with E-state index in [1.807, 2.05) is 6.07 Å². The van der Waals surface area contributed by atoms with Crippen LogP contribution in [-0.4, -0.2) is 52.3 Å². The number of fused-ring (bicyclic) bond motifs is 2. The molecule has 39 heavy (non-hydrogen) atoms. The number of hydrogen-bond acceptors (Lipinski definition) is 7. The molecular weight excluding hydrogens is 500 g/mol. The summed E-state index contributed by atoms with van der Waals surface area (Å²) in [4.78, 5) is 60.4. The smallest absolute Gasteiger partial charge is 0.299 e. The van der Waals surface area contributed by atoms with Gasteiger partial charge >= 0.3 is 0 Å². The molecule has 2 aromatic carbocycles. The van der Waals surface area contributed by atoms with Crippen LogP contribution in [0.3, 0.4) is 0 Å². The molecule has 1 N–H and O–H groups in total. The molecule has 3 aliphatic rings. The number of Topliss-reactive ketones (excluding diaryl/α,β-unsaturated/α-hetero) is 1. The number of anilines is 2. The van der Waals surface area contributed by atoms with Crippen LogP contribution in [0.4, 0.5) is 11.4 Å². The van der Waals surface area contributed by atoms with Crippen molar-refractivity contribution in [3.05, 3.63) is 78.1 Å². The zero-order valence-corrected chi connectivity index (χ0v) is 21.1. The molecule has 2 aliphatic heterocycles. The zero-order chi connectivity index (χ0) is 27.0. The third kappa shape index (κ3) is 4.37. The topological polar surface area (TPSA) is 118 Å². The summed E-state index contributed by atoms with van der Waals surface area (Å²) >= 11 is 0. The summed E-state index contributed by atoms with van der Waals surface area (Å²) in [5, 5.41) is 2.98. The summed E-state index contributed by atoms with van der Waals surface area (Å²) in [6, 6.07) is 15.4. The Kier molecular flexibility index (Phi) is 6.22. The molecule has 0 bridgehead atoms. The molecule has 10 nitrogen and oxygen atoms in total. The molecule has 0 radical (unpaired) electrons. The second-order valence-electron chi connectivity index (χ2n) is 9.84. The Hall–Kier alpha value is -4.73. The summed E-state index contributed by atoms with van der Waals surface area (Å²) < 4.78 is 10.8. The van der Waals surface area contributed by atoms with Gasteiger partial charge in [0.05, 0.1) is 11.3 Å². The zero-order valence-electron chi connectivity index (χ0n) is 21.1. The van der Waals surface area contributed by atoms with Gasteiger partial charge in [0.1, 0.15) is 12.1 Å². The minimum atomic E-state index is -1.16. The Morgan fingerprint density at radius 1 is 1.00 bits per heavy atom. The number of ketones is 1. The minimum absolute atomic E-state index is 0.116. The molecule has 1 saturated carbocycles. The van der Waals surface area contributed by atoms with Gasteiger partial charge in [0, 0.05) is 30.7 Å². The van der Waals surface area contributed by atoms with Crippen LogP contribution in [0.2, 0.25) is 0 Å². The molecule has 3 heterocycles. The predicted molar refractivity (Wildman–Crippen MR) is 140 cm³/mol. The lowest BCUT2D eigenvalue weighted by Crippen LogP contribution is -2.59. The number of carbonyl (C=O) groups excluding carboxylic acids is 4. The molecule has 0 spiro atoms. The number of rotatable bonds is 7. The number of carbonyl (C=O) groups is 4. The van der Waals surface area contributed by atoms with Crippen LogP contribution >= 0.6 is 0 Å². The van der Waals surface area contributed by atoms with E-state index < -0.39 is 23.1 Å². The number of nitrogens with one attached hydrogen (secondary N) is 1. The number of aromatic nitrogens is 1. The first-order chi connectivity index (χ1) is 19.0. The maximum atomic E-state index is 14.1. The van der Waals surface area contributed by atoms with Crippen molar-refractivity contribution in [1.82, 2.24) is 9.88 Å². The molecule has 1 aliphatic carbocycles. The van der Waals surface area contributed by atoms with Gasteiger partial charge in [-0.15, -0.1) is 0 Å². The Bertz CT molecular complexity index is 1470. The van der Waals surface area contributed by atoms with Crippen LogP contribution in [-0.2, 0) is 20.9 Å². The van der Waals surface area contributed by atoms with Crippen molar-refractivity contribution in [2.24, 2.45) is 0 Å². The van der Waals surface area contributed by atoms with Crippen LogP contribution in [0.1, 0.15) is 41.6 Å². The van der Waals surface area contributed by atoms with Gasteiger partial charge in [0.25, 0.3) is 11.7 Å². The molecular formula is C29H26N4O6. The average molecular weight is 527 g/mol. The molecule has 3 amide bonds. The van der Waals surface area contributed by atoms with Crippen molar-refractivity contribution in [1.29, 1.82) is 0 Å². The number of nitrogens with zero attached hydrogens (tertiary/aromatic N) is 3. The number of ether oxygens (including phenoxy) is 2. The van der Waals surface area contributed by atoms with E-state index in [2.05, 4.69) is 10.3 Å². The molecule has 6 rings (SSSR count). The van der Waals surface area contributed by atoms with Gasteiger partial charge in [-0.1, -0.05) is 31.0 Å². The van der Waals surface area contributed by atoms with Gasteiger partial charge in [-0.3, -0.25) is 29.1 Å². The number of amides is 3. The maximum absolute atomic E-state index is 14.1. The summed E-state index contributed by atoms with van der Waals surface area (Å²) in [6.45, 7) is -0.120. The number of hydrogen-bond donors (Lipinski definition) is 1. The van der Waals surface area contributed by atoms with E-state index in [1.165, 1.54) is 4.90 Å². The molecule has 0 atom stereocenters. The predicted octanol–water partition coefficient (Wildman–Crippen LogP) is 3.32. The van der Waals surface area contributed by atoms with Crippen molar-refractivity contribution < 1.29 is 28.7 Å². The normalized spacial score (nSPS) is 16.8. The van der Waals surface area contributed by atoms with Crippen molar-refractivity contribution in [3.63, 3.8) is 0 Å². The largest absolute Gasteiger partial charge is 0.454 e. The highest BCUT2D eigenvalue weighted by Crippen LogP contribution is 2.40. The quantitative estimate of drug-likeness (QED) is 0.469. The maximum Gasteiger partial charge on any atom is 0.299 e. The molecule has 0 saturated heterocycles.